The lowest BCUT2D eigenvalue weighted by Gasteiger charge is -2.27. The minimum atomic E-state index is 0.478. The number of para-hydroxylation sites is 1. The van der Waals surface area contributed by atoms with Crippen molar-refractivity contribution < 1.29 is 0 Å². The minimum Gasteiger partial charge on any atom is -0.371 e. The van der Waals surface area contributed by atoms with Crippen molar-refractivity contribution in [3.63, 3.8) is 0 Å². The summed E-state index contributed by atoms with van der Waals surface area (Å²) in [5, 5.41) is 1.19. The van der Waals surface area contributed by atoms with E-state index >= 15 is 0 Å². The van der Waals surface area contributed by atoms with Gasteiger partial charge in [0.2, 0.25) is 0 Å². The van der Waals surface area contributed by atoms with Crippen molar-refractivity contribution in [2.45, 2.75) is 32.9 Å². The fourth-order valence-corrected chi connectivity index (χ4v) is 2.12. The van der Waals surface area contributed by atoms with Crippen molar-refractivity contribution in [3.05, 3.63) is 36.0 Å². The van der Waals surface area contributed by atoms with Crippen LogP contribution in [0.3, 0.4) is 0 Å². The van der Waals surface area contributed by atoms with Crippen LogP contribution < -0.4 is 10.6 Å². The second-order valence-corrected chi connectivity index (χ2v) is 4.72. The van der Waals surface area contributed by atoms with Crippen LogP contribution >= 0.6 is 0 Å². The van der Waals surface area contributed by atoms with Crippen LogP contribution in [0.4, 0.5) is 5.69 Å². The topological polar surface area (TPSA) is 42.1 Å². The van der Waals surface area contributed by atoms with Gasteiger partial charge in [-0.1, -0.05) is 25.1 Å². The molecule has 3 heteroatoms. The fraction of sp³-hybridized carbons (Fsp3) is 0.400. The van der Waals surface area contributed by atoms with Crippen LogP contribution in [0.25, 0.3) is 10.9 Å². The molecule has 1 aromatic heterocycles. The highest BCUT2D eigenvalue weighted by Crippen LogP contribution is 2.27. The van der Waals surface area contributed by atoms with E-state index in [-0.39, 0.29) is 0 Å². The maximum Gasteiger partial charge on any atom is 0.0726 e. The lowest BCUT2D eigenvalue weighted by molar-refractivity contribution is 0.665. The largest absolute Gasteiger partial charge is 0.371 e. The number of pyridine rings is 1. The zero-order valence-corrected chi connectivity index (χ0v) is 11.4. The van der Waals surface area contributed by atoms with Gasteiger partial charge in [-0.25, -0.2) is 0 Å². The maximum atomic E-state index is 5.74. The smallest absolute Gasteiger partial charge is 0.0726 e. The number of nitrogens with two attached hydrogens (primary N) is 1. The van der Waals surface area contributed by atoms with Gasteiger partial charge in [-0.3, -0.25) is 4.98 Å². The van der Waals surface area contributed by atoms with E-state index in [1.165, 1.54) is 11.1 Å². The average Bonchev–Trinajstić information content (AvgIpc) is 2.44. The molecule has 2 aromatic rings. The number of hydrogen-bond donors (Lipinski definition) is 1. The van der Waals surface area contributed by atoms with Gasteiger partial charge >= 0.3 is 0 Å². The molecule has 0 aliphatic carbocycles. The molecule has 3 nitrogen and oxygen atoms in total. The minimum absolute atomic E-state index is 0.478. The molecule has 0 saturated carbocycles. The first-order chi connectivity index (χ1) is 8.67. The lowest BCUT2D eigenvalue weighted by Crippen LogP contribution is -2.28. The summed E-state index contributed by atoms with van der Waals surface area (Å²) in [6.45, 7) is 4.91. The summed E-state index contributed by atoms with van der Waals surface area (Å²) in [6, 6.07) is 10.8. The van der Waals surface area contributed by atoms with Crippen LogP contribution in [0.2, 0.25) is 0 Å². The van der Waals surface area contributed by atoms with Crippen molar-refractivity contribution in [1.29, 1.82) is 0 Å². The molecule has 0 bridgehead atoms. The molecule has 1 unspecified atom stereocenters. The number of fused-ring (bicyclic) bond motifs is 1. The molecule has 0 aliphatic heterocycles. The van der Waals surface area contributed by atoms with Crippen molar-refractivity contribution in [1.82, 2.24) is 4.98 Å². The summed E-state index contributed by atoms with van der Waals surface area (Å²) in [5.74, 6) is 0. The Morgan fingerprint density at radius 3 is 2.72 bits per heavy atom. The van der Waals surface area contributed by atoms with E-state index in [0.29, 0.717) is 12.6 Å². The van der Waals surface area contributed by atoms with Gasteiger partial charge in [0.25, 0.3) is 0 Å². The molecule has 0 saturated heterocycles. The molecule has 0 aliphatic rings. The van der Waals surface area contributed by atoms with E-state index in [2.05, 4.69) is 49.0 Å². The molecular weight excluding hydrogens is 222 g/mol. The molecule has 1 aromatic carbocycles. The molecule has 18 heavy (non-hydrogen) atoms. The number of aromatic nitrogens is 1. The van der Waals surface area contributed by atoms with Gasteiger partial charge < -0.3 is 10.6 Å². The average molecular weight is 243 g/mol. The molecule has 0 radical (unpaired) electrons. The Bertz CT molecular complexity index is 536. The Morgan fingerprint density at radius 2 is 2.06 bits per heavy atom. The van der Waals surface area contributed by atoms with Gasteiger partial charge in [0, 0.05) is 30.7 Å². The van der Waals surface area contributed by atoms with Gasteiger partial charge in [0.1, 0.15) is 0 Å². The SMILES string of the molecule is CCC(C)N(C)c1cc(CN)nc2ccccc12. The predicted molar refractivity (Wildman–Crippen MR) is 77.8 cm³/mol. The molecule has 2 rings (SSSR count). The molecule has 2 N–H and O–H groups in total. The van der Waals surface area contributed by atoms with Crippen LogP contribution in [0.5, 0.6) is 0 Å². The Morgan fingerprint density at radius 1 is 1.33 bits per heavy atom. The summed E-state index contributed by atoms with van der Waals surface area (Å²) < 4.78 is 0. The van der Waals surface area contributed by atoms with Crippen LogP contribution in [-0.2, 0) is 6.54 Å². The Balaban J connectivity index is 2.60. The summed E-state index contributed by atoms with van der Waals surface area (Å²) in [5.41, 5.74) is 8.92. The zero-order chi connectivity index (χ0) is 13.1. The van der Waals surface area contributed by atoms with Crippen molar-refractivity contribution >= 4 is 16.6 Å². The third kappa shape index (κ3) is 2.31. The van der Waals surface area contributed by atoms with Crippen molar-refractivity contribution in [3.8, 4) is 0 Å². The molecule has 96 valence electrons. The highest BCUT2D eigenvalue weighted by atomic mass is 15.1. The first-order valence-electron chi connectivity index (χ1n) is 6.49. The normalized spacial score (nSPS) is 12.7. The van der Waals surface area contributed by atoms with Gasteiger partial charge in [0.05, 0.1) is 11.2 Å². The summed E-state index contributed by atoms with van der Waals surface area (Å²) >= 11 is 0. The second kappa shape index (κ2) is 5.36. The number of hydrogen-bond acceptors (Lipinski definition) is 3. The third-order valence-electron chi connectivity index (χ3n) is 3.59. The standard InChI is InChI=1S/C15H21N3/c1-4-11(2)18(3)15-9-12(10-16)17-14-8-6-5-7-13(14)15/h5-9,11H,4,10,16H2,1-3H3. The van der Waals surface area contributed by atoms with Crippen molar-refractivity contribution in [2.24, 2.45) is 5.73 Å². The lowest BCUT2D eigenvalue weighted by atomic mass is 10.1. The Hall–Kier alpha value is -1.61. The van der Waals surface area contributed by atoms with E-state index in [4.69, 9.17) is 5.73 Å². The molecule has 0 fully saturated rings. The Kier molecular flexibility index (Phi) is 3.82. The van der Waals surface area contributed by atoms with Crippen LogP contribution in [0.15, 0.2) is 30.3 Å². The molecule has 0 amide bonds. The first kappa shape index (κ1) is 12.8. The van der Waals surface area contributed by atoms with Gasteiger partial charge in [-0.2, -0.15) is 0 Å². The molecule has 1 heterocycles. The molecule has 0 spiro atoms. The summed E-state index contributed by atoms with van der Waals surface area (Å²) in [7, 11) is 2.14. The number of rotatable bonds is 4. The molecular formula is C15H21N3. The monoisotopic (exact) mass is 243 g/mol. The zero-order valence-electron chi connectivity index (χ0n) is 11.4. The summed E-state index contributed by atoms with van der Waals surface area (Å²) in [6.07, 6.45) is 1.12. The highest BCUT2D eigenvalue weighted by Gasteiger charge is 2.12. The van der Waals surface area contributed by atoms with Gasteiger partial charge in [-0.05, 0) is 25.5 Å². The van der Waals surface area contributed by atoms with Crippen LogP contribution in [0, 0.1) is 0 Å². The van der Waals surface area contributed by atoms with Crippen LogP contribution in [-0.4, -0.2) is 18.1 Å². The number of nitrogens with zero attached hydrogens (tertiary/aromatic N) is 2. The summed E-state index contributed by atoms with van der Waals surface area (Å²) in [4.78, 5) is 6.88. The van der Waals surface area contributed by atoms with E-state index in [1.54, 1.807) is 0 Å². The van der Waals surface area contributed by atoms with Gasteiger partial charge in [-0.15, -0.1) is 0 Å². The third-order valence-corrected chi connectivity index (χ3v) is 3.59. The van der Waals surface area contributed by atoms with Crippen molar-refractivity contribution in [2.75, 3.05) is 11.9 Å². The van der Waals surface area contributed by atoms with Crippen LogP contribution in [0.1, 0.15) is 26.0 Å². The number of anilines is 1. The van der Waals surface area contributed by atoms with E-state index in [9.17, 15) is 0 Å². The first-order valence-corrected chi connectivity index (χ1v) is 6.49. The quantitative estimate of drug-likeness (QED) is 0.897. The number of benzene rings is 1. The van der Waals surface area contributed by atoms with E-state index in [1.807, 2.05) is 12.1 Å². The predicted octanol–water partition coefficient (Wildman–Crippen LogP) is 2.93. The maximum absolute atomic E-state index is 5.74. The van der Waals surface area contributed by atoms with E-state index < -0.39 is 0 Å². The second-order valence-electron chi connectivity index (χ2n) is 4.72. The molecule has 1 atom stereocenters. The van der Waals surface area contributed by atoms with Gasteiger partial charge in [0.15, 0.2) is 0 Å². The Labute approximate surface area is 109 Å². The fourth-order valence-electron chi connectivity index (χ4n) is 2.12. The van der Waals surface area contributed by atoms with E-state index in [0.717, 1.165) is 17.6 Å². The highest BCUT2D eigenvalue weighted by molar-refractivity contribution is 5.92.